The minimum Gasteiger partial charge on any atom is -0.461 e. The fourth-order valence-electron chi connectivity index (χ4n) is 5.90. The van der Waals surface area contributed by atoms with Crippen molar-refractivity contribution in [1.29, 1.82) is 0 Å². The van der Waals surface area contributed by atoms with E-state index in [0.29, 0.717) is 38.8 Å². The Hall–Kier alpha value is -2.19. The maximum atomic E-state index is 14.1. The smallest absolute Gasteiger partial charge is 0.313 e. The van der Waals surface area contributed by atoms with Gasteiger partial charge in [0.2, 0.25) is 11.8 Å². The van der Waals surface area contributed by atoms with E-state index in [1.54, 1.807) is 15.9 Å². The summed E-state index contributed by atoms with van der Waals surface area (Å²) in [4.78, 5) is 44.2. The molecule has 1 spiro atoms. The van der Waals surface area contributed by atoms with Crippen LogP contribution in [-0.4, -0.2) is 81.8 Å². The van der Waals surface area contributed by atoms with Gasteiger partial charge in [0.15, 0.2) is 0 Å². The molecule has 8 heteroatoms. The van der Waals surface area contributed by atoms with Gasteiger partial charge >= 0.3 is 5.97 Å². The van der Waals surface area contributed by atoms with Crippen LogP contribution in [0.2, 0.25) is 0 Å². The third-order valence-electron chi connectivity index (χ3n) is 7.30. The highest BCUT2D eigenvalue weighted by molar-refractivity contribution is 5.98. The highest BCUT2D eigenvalue weighted by Crippen LogP contribution is 2.63. The lowest BCUT2D eigenvalue weighted by molar-refractivity contribution is -0.160. The summed E-state index contributed by atoms with van der Waals surface area (Å²) in [5.74, 6) is -2.49. The average Bonchev–Trinajstić information content (AvgIpc) is 3.30. The van der Waals surface area contributed by atoms with Crippen LogP contribution >= 0.6 is 0 Å². The van der Waals surface area contributed by atoms with Crippen molar-refractivity contribution in [3.05, 3.63) is 25.3 Å². The van der Waals surface area contributed by atoms with Crippen molar-refractivity contribution in [2.75, 3.05) is 26.3 Å². The maximum Gasteiger partial charge on any atom is 0.313 e. The van der Waals surface area contributed by atoms with Gasteiger partial charge in [0.05, 0.1) is 11.5 Å². The van der Waals surface area contributed by atoms with Gasteiger partial charge in [-0.15, -0.1) is 6.58 Å². The lowest BCUT2D eigenvalue weighted by Gasteiger charge is -2.42. The number of likely N-dealkylation sites (tertiary alicyclic amines) is 1. The molecule has 3 aliphatic heterocycles. The molecule has 0 saturated carbocycles. The molecule has 0 radical (unpaired) electrons. The molecule has 184 valence electrons. The highest BCUT2D eigenvalue weighted by atomic mass is 16.6. The van der Waals surface area contributed by atoms with Crippen molar-refractivity contribution >= 4 is 17.8 Å². The number of hydrogen-bond acceptors (Lipinski definition) is 6. The Balaban J connectivity index is 2.06. The maximum absolute atomic E-state index is 14.1. The van der Waals surface area contributed by atoms with E-state index in [1.165, 1.54) is 6.08 Å². The van der Waals surface area contributed by atoms with E-state index in [2.05, 4.69) is 13.2 Å². The lowest BCUT2D eigenvalue weighted by atomic mass is 9.66. The molecule has 3 aliphatic rings. The lowest BCUT2D eigenvalue weighted by Crippen LogP contribution is -2.60. The average molecular weight is 463 g/mol. The Morgan fingerprint density at radius 1 is 1.27 bits per heavy atom. The summed E-state index contributed by atoms with van der Waals surface area (Å²) in [6, 6.07) is -0.841. The van der Waals surface area contributed by atoms with Crippen LogP contribution in [0.15, 0.2) is 25.3 Å². The van der Waals surface area contributed by atoms with Gasteiger partial charge in [-0.25, -0.2) is 0 Å². The van der Waals surface area contributed by atoms with Crippen LogP contribution in [0.3, 0.4) is 0 Å². The summed E-state index contributed by atoms with van der Waals surface area (Å²) >= 11 is 0. The molecule has 3 fully saturated rings. The number of rotatable bonds is 10. The zero-order valence-corrected chi connectivity index (χ0v) is 20.3. The molecule has 0 aromatic heterocycles. The van der Waals surface area contributed by atoms with E-state index in [4.69, 9.17) is 9.47 Å². The van der Waals surface area contributed by atoms with Gasteiger partial charge in [-0.3, -0.25) is 14.4 Å². The molecule has 1 N–H and O–H groups in total. The summed E-state index contributed by atoms with van der Waals surface area (Å²) < 4.78 is 11.9. The predicted octanol–water partition coefficient (Wildman–Crippen LogP) is 2.07. The molecule has 3 heterocycles. The Morgan fingerprint density at radius 3 is 2.55 bits per heavy atom. The number of hydrogen-bond donors (Lipinski definition) is 1. The standard InChI is InChI=1S/C25H38N2O6/c1-7-13-27(23(3,4)5)21(30)19-25-12-11-24(6,33-25)18(22(31)32-16-8-2)17(25)20(29)26(19)14-9-10-15-28/h7-8,17-19,28H,1-2,9-16H2,3-6H3/t17-,18+,19?,24-,25?/m0/s1. The van der Waals surface area contributed by atoms with Crippen LogP contribution < -0.4 is 0 Å². The largest absolute Gasteiger partial charge is 0.461 e. The topological polar surface area (TPSA) is 96.4 Å². The van der Waals surface area contributed by atoms with Crippen molar-refractivity contribution in [2.45, 2.75) is 76.2 Å². The van der Waals surface area contributed by atoms with E-state index >= 15 is 0 Å². The van der Waals surface area contributed by atoms with Gasteiger partial charge in [-0.05, 0) is 53.4 Å². The second-order valence-electron chi connectivity index (χ2n) is 10.5. The first kappa shape index (κ1) is 25.4. The van der Waals surface area contributed by atoms with Crippen molar-refractivity contribution in [1.82, 2.24) is 9.80 Å². The van der Waals surface area contributed by atoms with Gasteiger partial charge in [-0.1, -0.05) is 18.7 Å². The summed E-state index contributed by atoms with van der Waals surface area (Å²) in [7, 11) is 0. The fourth-order valence-corrected chi connectivity index (χ4v) is 5.90. The van der Waals surface area contributed by atoms with Crippen molar-refractivity contribution < 1.29 is 29.0 Å². The number of carbonyl (C=O) groups is 3. The summed E-state index contributed by atoms with van der Waals surface area (Å²) in [5, 5.41) is 9.26. The molecule has 2 bridgehead atoms. The van der Waals surface area contributed by atoms with E-state index in [-0.39, 0.29) is 25.0 Å². The number of ether oxygens (including phenoxy) is 2. The molecule has 0 aliphatic carbocycles. The molecule has 3 saturated heterocycles. The first-order chi connectivity index (χ1) is 15.5. The summed E-state index contributed by atoms with van der Waals surface area (Å²) in [5.41, 5.74) is -2.44. The number of nitrogens with zero attached hydrogens (tertiary/aromatic N) is 2. The quantitative estimate of drug-likeness (QED) is 0.303. The molecular weight excluding hydrogens is 424 g/mol. The van der Waals surface area contributed by atoms with Gasteiger partial charge in [-0.2, -0.15) is 0 Å². The van der Waals surface area contributed by atoms with Crippen molar-refractivity contribution in [2.24, 2.45) is 11.8 Å². The van der Waals surface area contributed by atoms with Gasteiger partial charge < -0.3 is 24.4 Å². The minimum absolute atomic E-state index is 0.00483. The molecule has 5 atom stereocenters. The Bertz CT molecular complexity index is 820. The Morgan fingerprint density at radius 2 is 1.97 bits per heavy atom. The van der Waals surface area contributed by atoms with Crippen LogP contribution in [0.1, 0.15) is 53.4 Å². The van der Waals surface area contributed by atoms with Crippen molar-refractivity contribution in [3.8, 4) is 0 Å². The van der Waals surface area contributed by atoms with Gasteiger partial charge in [0.25, 0.3) is 0 Å². The molecular formula is C25H38N2O6. The SMILES string of the molecule is C=CCOC(=O)[C@H]1[C@H]2C(=O)N(CCCCO)C(C(=O)N(CC=C)C(C)(C)C)C23CC[C@]1(C)O3. The number of fused-ring (bicyclic) bond motifs is 1. The Kier molecular flexibility index (Phi) is 7.10. The molecule has 33 heavy (non-hydrogen) atoms. The van der Waals surface area contributed by atoms with Crippen LogP contribution in [0.25, 0.3) is 0 Å². The number of amides is 2. The molecule has 0 aromatic rings. The third-order valence-corrected chi connectivity index (χ3v) is 7.30. The molecule has 8 nitrogen and oxygen atoms in total. The summed E-state index contributed by atoms with van der Waals surface area (Å²) in [6.07, 6.45) is 5.31. The molecule has 2 amide bonds. The van der Waals surface area contributed by atoms with E-state index in [0.717, 1.165) is 0 Å². The van der Waals surface area contributed by atoms with Crippen LogP contribution in [0.5, 0.6) is 0 Å². The third kappa shape index (κ3) is 4.12. The first-order valence-electron chi connectivity index (χ1n) is 11.8. The highest BCUT2D eigenvalue weighted by Gasteiger charge is 2.78. The number of unbranched alkanes of at least 4 members (excludes halogenated alkanes) is 1. The van der Waals surface area contributed by atoms with Gasteiger partial charge in [0, 0.05) is 25.2 Å². The molecule has 0 aromatic carbocycles. The molecule has 2 unspecified atom stereocenters. The van der Waals surface area contributed by atoms with Crippen LogP contribution in [0.4, 0.5) is 0 Å². The zero-order chi connectivity index (χ0) is 24.6. The van der Waals surface area contributed by atoms with E-state index in [1.807, 2.05) is 27.7 Å². The normalized spacial score (nSPS) is 32.6. The number of aliphatic hydroxyl groups is 1. The minimum atomic E-state index is -1.08. The van der Waals surface area contributed by atoms with E-state index < -0.39 is 40.6 Å². The summed E-state index contributed by atoms with van der Waals surface area (Å²) in [6.45, 7) is 15.8. The van der Waals surface area contributed by atoms with Crippen LogP contribution in [0, 0.1) is 11.8 Å². The van der Waals surface area contributed by atoms with Crippen LogP contribution in [-0.2, 0) is 23.9 Å². The number of esters is 1. The number of carbonyl (C=O) groups excluding carboxylic acids is 3. The second kappa shape index (κ2) is 9.22. The zero-order valence-electron chi connectivity index (χ0n) is 20.3. The van der Waals surface area contributed by atoms with E-state index in [9.17, 15) is 19.5 Å². The fraction of sp³-hybridized carbons (Fsp3) is 0.720. The second-order valence-corrected chi connectivity index (χ2v) is 10.5. The van der Waals surface area contributed by atoms with Crippen molar-refractivity contribution in [3.63, 3.8) is 0 Å². The molecule has 3 rings (SSSR count). The number of aliphatic hydroxyl groups excluding tert-OH is 1. The first-order valence-corrected chi connectivity index (χ1v) is 11.8. The Labute approximate surface area is 196 Å². The monoisotopic (exact) mass is 462 g/mol. The predicted molar refractivity (Wildman–Crippen MR) is 123 cm³/mol. The van der Waals surface area contributed by atoms with Gasteiger partial charge in [0.1, 0.15) is 24.2 Å².